The van der Waals surface area contributed by atoms with Gasteiger partial charge in [-0.3, -0.25) is 4.79 Å². The number of carbonyl (C=O) groups is 1. The van der Waals surface area contributed by atoms with Crippen LogP contribution < -0.4 is 5.32 Å². The Labute approximate surface area is 123 Å². The first kappa shape index (κ1) is 14.6. The topological polar surface area (TPSA) is 49.3 Å². The van der Waals surface area contributed by atoms with Crippen molar-refractivity contribution < 1.29 is 9.90 Å². The van der Waals surface area contributed by atoms with E-state index in [1.165, 1.54) is 17.3 Å². The second kappa shape index (κ2) is 7.12. The van der Waals surface area contributed by atoms with Gasteiger partial charge in [0.25, 0.3) is 0 Å². The normalized spacial score (nSPS) is 10.3. The summed E-state index contributed by atoms with van der Waals surface area (Å²) in [5.41, 5.74) is 2.86. The predicted octanol–water partition coefficient (Wildman–Crippen LogP) is 3.22. The lowest BCUT2D eigenvalue weighted by molar-refractivity contribution is -0.113. The summed E-state index contributed by atoms with van der Waals surface area (Å²) in [6.45, 7) is 2.05. The van der Waals surface area contributed by atoms with Crippen LogP contribution in [0.5, 0.6) is 0 Å². The fourth-order valence-corrected chi connectivity index (χ4v) is 2.37. The third kappa shape index (κ3) is 4.40. The molecule has 0 aromatic heterocycles. The van der Waals surface area contributed by atoms with Crippen molar-refractivity contribution in [3.05, 3.63) is 59.7 Å². The molecule has 0 fully saturated rings. The van der Waals surface area contributed by atoms with Gasteiger partial charge in [-0.15, -0.1) is 11.8 Å². The molecular formula is C16H17NO2S. The molecule has 0 radical (unpaired) electrons. The quantitative estimate of drug-likeness (QED) is 0.830. The van der Waals surface area contributed by atoms with Crippen molar-refractivity contribution >= 4 is 23.4 Å². The second-order valence-corrected chi connectivity index (χ2v) is 5.55. The van der Waals surface area contributed by atoms with Crippen LogP contribution in [0.2, 0.25) is 0 Å². The molecule has 20 heavy (non-hydrogen) atoms. The molecule has 0 aliphatic heterocycles. The van der Waals surface area contributed by atoms with Crippen LogP contribution in [0.3, 0.4) is 0 Å². The molecule has 3 nitrogen and oxygen atoms in total. The number of rotatable bonds is 5. The lowest BCUT2D eigenvalue weighted by Gasteiger charge is -2.06. The summed E-state index contributed by atoms with van der Waals surface area (Å²) in [5.74, 6) is 0.344. The lowest BCUT2D eigenvalue weighted by Crippen LogP contribution is -2.13. The maximum Gasteiger partial charge on any atom is 0.234 e. The molecule has 2 rings (SSSR count). The molecule has 0 bridgehead atoms. The Morgan fingerprint density at radius 1 is 1.10 bits per heavy atom. The second-order valence-electron chi connectivity index (χ2n) is 4.50. The predicted molar refractivity (Wildman–Crippen MR) is 82.9 cm³/mol. The van der Waals surface area contributed by atoms with Gasteiger partial charge < -0.3 is 10.4 Å². The lowest BCUT2D eigenvalue weighted by atomic mass is 10.2. The van der Waals surface area contributed by atoms with Crippen LogP contribution >= 0.6 is 11.8 Å². The van der Waals surface area contributed by atoms with Gasteiger partial charge in [-0.2, -0.15) is 0 Å². The molecule has 0 saturated carbocycles. The van der Waals surface area contributed by atoms with Gasteiger partial charge in [0.15, 0.2) is 0 Å². The zero-order valence-electron chi connectivity index (χ0n) is 11.3. The average Bonchev–Trinajstić information content (AvgIpc) is 2.48. The summed E-state index contributed by atoms with van der Waals surface area (Å²) in [6.07, 6.45) is 0. The van der Waals surface area contributed by atoms with Crippen LogP contribution in [-0.4, -0.2) is 16.8 Å². The van der Waals surface area contributed by atoms with Crippen LogP contribution in [-0.2, 0) is 11.4 Å². The number of anilines is 1. The van der Waals surface area contributed by atoms with Crippen molar-refractivity contribution in [1.29, 1.82) is 0 Å². The summed E-state index contributed by atoms with van der Waals surface area (Å²) in [7, 11) is 0. The number of hydrogen-bond donors (Lipinski definition) is 2. The van der Waals surface area contributed by atoms with Gasteiger partial charge in [0, 0.05) is 10.6 Å². The first-order valence-corrected chi connectivity index (χ1v) is 7.35. The number of benzene rings is 2. The van der Waals surface area contributed by atoms with Crippen molar-refractivity contribution in [1.82, 2.24) is 0 Å². The zero-order chi connectivity index (χ0) is 14.4. The number of aliphatic hydroxyl groups is 1. The number of nitrogens with one attached hydrogen (secondary N) is 1. The molecule has 0 aliphatic carbocycles. The summed E-state index contributed by atoms with van der Waals surface area (Å²) in [5, 5.41) is 11.8. The van der Waals surface area contributed by atoms with Crippen LogP contribution in [0.1, 0.15) is 11.1 Å². The summed E-state index contributed by atoms with van der Waals surface area (Å²) in [6, 6.07) is 15.3. The van der Waals surface area contributed by atoms with E-state index in [2.05, 4.69) is 5.32 Å². The standard InChI is InChI=1S/C16H17NO2S/c1-12-2-6-14(7-3-12)17-16(19)11-20-15-8-4-13(10-18)5-9-15/h2-9,18H,10-11H2,1H3,(H,17,19). The first-order valence-electron chi connectivity index (χ1n) is 6.36. The largest absolute Gasteiger partial charge is 0.392 e. The number of hydrogen-bond acceptors (Lipinski definition) is 3. The van der Waals surface area contributed by atoms with E-state index in [0.717, 1.165) is 16.1 Å². The van der Waals surface area contributed by atoms with Crippen molar-refractivity contribution in [3.63, 3.8) is 0 Å². The van der Waals surface area contributed by atoms with Gasteiger partial charge in [0.1, 0.15) is 0 Å². The fourth-order valence-electron chi connectivity index (χ4n) is 1.67. The van der Waals surface area contributed by atoms with E-state index in [1.807, 2.05) is 55.5 Å². The highest BCUT2D eigenvalue weighted by Crippen LogP contribution is 2.19. The molecule has 0 atom stereocenters. The van der Waals surface area contributed by atoms with E-state index in [0.29, 0.717) is 5.75 Å². The Hall–Kier alpha value is -1.78. The van der Waals surface area contributed by atoms with Gasteiger partial charge in [-0.05, 0) is 36.8 Å². The average molecular weight is 287 g/mol. The number of aryl methyl sites for hydroxylation is 1. The minimum Gasteiger partial charge on any atom is -0.392 e. The Balaban J connectivity index is 1.83. The minimum absolute atomic E-state index is 0.0231. The first-order chi connectivity index (χ1) is 9.67. The zero-order valence-corrected chi connectivity index (χ0v) is 12.1. The Morgan fingerprint density at radius 2 is 1.75 bits per heavy atom. The molecule has 4 heteroatoms. The van der Waals surface area contributed by atoms with Crippen molar-refractivity contribution in [3.8, 4) is 0 Å². The number of thioether (sulfide) groups is 1. The summed E-state index contributed by atoms with van der Waals surface area (Å²) in [4.78, 5) is 12.8. The molecule has 0 heterocycles. The maximum absolute atomic E-state index is 11.8. The van der Waals surface area contributed by atoms with Crippen LogP contribution in [0.4, 0.5) is 5.69 Å². The van der Waals surface area contributed by atoms with E-state index in [9.17, 15) is 4.79 Å². The molecule has 0 spiro atoms. The van der Waals surface area contributed by atoms with Crippen molar-refractivity contribution in [2.24, 2.45) is 0 Å². The molecule has 0 aliphatic rings. The monoisotopic (exact) mass is 287 g/mol. The van der Waals surface area contributed by atoms with Crippen LogP contribution in [0.15, 0.2) is 53.4 Å². The SMILES string of the molecule is Cc1ccc(NC(=O)CSc2ccc(CO)cc2)cc1. The van der Waals surface area contributed by atoms with E-state index in [1.54, 1.807) is 0 Å². The van der Waals surface area contributed by atoms with Gasteiger partial charge in [0.05, 0.1) is 12.4 Å². The molecular weight excluding hydrogens is 270 g/mol. The molecule has 0 unspecified atom stereocenters. The highest BCUT2D eigenvalue weighted by Gasteiger charge is 2.03. The Kier molecular flexibility index (Phi) is 5.21. The van der Waals surface area contributed by atoms with Gasteiger partial charge >= 0.3 is 0 Å². The highest BCUT2D eigenvalue weighted by atomic mass is 32.2. The van der Waals surface area contributed by atoms with Gasteiger partial charge in [-0.1, -0.05) is 29.8 Å². The van der Waals surface area contributed by atoms with E-state index >= 15 is 0 Å². The molecule has 2 aromatic rings. The van der Waals surface area contributed by atoms with Crippen molar-refractivity contribution in [2.45, 2.75) is 18.4 Å². The summed E-state index contributed by atoms with van der Waals surface area (Å²) >= 11 is 1.48. The number of amides is 1. The third-order valence-electron chi connectivity index (χ3n) is 2.81. The van der Waals surface area contributed by atoms with E-state index < -0.39 is 0 Å². The summed E-state index contributed by atoms with van der Waals surface area (Å²) < 4.78 is 0. The molecule has 1 amide bonds. The molecule has 2 N–H and O–H groups in total. The molecule has 104 valence electrons. The number of aliphatic hydroxyl groups excluding tert-OH is 1. The Morgan fingerprint density at radius 3 is 2.35 bits per heavy atom. The van der Waals surface area contributed by atoms with Gasteiger partial charge in [0.2, 0.25) is 5.91 Å². The molecule has 2 aromatic carbocycles. The smallest absolute Gasteiger partial charge is 0.234 e. The van der Waals surface area contributed by atoms with Crippen LogP contribution in [0, 0.1) is 6.92 Å². The Bertz CT molecular complexity index is 564. The maximum atomic E-state index is 11.8. The number of carbonyl (C=O) groups excluding carboxylic acids is 1. The van der Waals surface area contributed by atoms with Crippen molar-refractivity contribution in [2.75, 3.05) is 11.1 Å². The third-order valence-corrected chi connectivity index (χ3v) is 3.82. The van der Waals surface area contributed by atoms with E-state index in [4.69, 9.17) is 5.11 Å². The van der Waals surface area contributed by atoms with E-state index in [-0.39, 0.29) is 12.5 Å². The highest BCUT2D eigenvalue weighted by molar-refractivity contribution is 8.00. The minimum atomic E-state index is -0.0231. The van der Waals surface area contributed by atoms with Gasteiger partial charge in [-0.25, -0.2) is 0 Å². The molecule has 0 saturated heterocycles. The fraction of sp³-hybridized carbons (Fsp3) is 0.188. The van der Waals surface area contributed by atoms with Crippen LogP contribution in [0.25, 0.3) is 0 Å².